The van der Waals surface area contributed by atoms with Crippen LogP contribution in [0.4, 0.5) is 16.1 Å². The molecular weight excluding hydrogens is 167 g/mol. The van der Waals surface area contributed by atoms with E-state index in [1.807, 2.05) is 36.4 Å². The van der Waals surface area contributed by atoms with Gasteiger partial charge in [0.2, 0.25) is 0 Å². The summed E-state index contributed by atoms with van der Waals surface area (Å²) >= 11 is 0. The smallest absolute Gasteiger partial charge is 0.0320 e. The second-order valence-corrected chi connectivity index (χ2v) is 2.87. The molecule has 0 aromatic heterocycles. The molecule has 0 bridgehead atoms. The van der Waals surface area contributed by atoms with Crippen molar-refractivity contribution in [3.05, 3.63) is 36.4 Å². The number of halogens is 1. The van der Waals surface area contributed by atoms with Gasteiger partial charge < -0.3 is 11.5 Å². The maximum absolute atomic E-state index is 5.63. The van der Waals surface area contributed by atoms with E-state index in [1.165, 1.54) is 0 Å². The van der Waals surface area contributed by atoms with Gasteiger partial charge in [0, 0.05) is 11.4 Å². The average molecular weight is 178 g/mol. The summed E-state index contributed by atoms with van der Waals surface area (Å²) in [5, 5.41) is 2.26. The SMILES string of the molecule is F.Nc1ccc2cc(N)ccc2c1. The van der Waals surface area contributed by atoms with Crippen LogP contribution in [-0.2, 0) is 0 Å². The molecule has 0 aliphatic carbocycles. The van der Waals surface area contributed by atoms with Crippen molar-refractivity contribution in [3.8, 4) is 0 Å². The third-order valence-electron chi connectivity index (χ3n) is 1.89. The minimum atomic E-state index is 0. The van der Waals surface area contributed by atoms with E-state index in [0.29, 0.717) is 0 Å². The fourth-order valence-corrected chi connectivity index (χ4v) is 1.28. The van der Waals surface area contributed by atoms with Crippen LogP contribution < -0.4 is 11.5 Å². The van der Waals surface area contributed by atoms with Crippen molar-refractivity contribution in [2.24, 2.45) is 0 Å². The summed E-state index contributed by atoms with van der Waals surface area (Å²) in [5.41, 5.74) is 12.8. The van der Waals surface area contributed by atoms with E-state index < -0.39 is 0 Å². The number of rotatable bonds is 0. The first kappa shape index (κ1) is 9.32. The Morgan fingerprint density at radius 2 is 1.08 bits per heavy atom. The lowest BCUT2D eigenvalue weighted by atomic mass is 10.1. The van der Waals surface area contributed by atoms with Crippen LogP contribution in [0.5, 0.6) is 0 Å². The number of nitrogens with two attached hydrogens (primary N) is 2. The predicted molar refractivity (Wildman–Crippen MR) is 55.3 cm³/mol. The molecule has 0 aliphatic rings. The molecular formula is C10H11FN2. The minimum Gasteiger partial charge on any atom is -0.399 e. The molecule has 2 nitrogen and oxygen atoms in total. The number of anilines is 2. The molecule has 3 heteroatoms. The first-order chi connectivity index (χ1) is 5.75. The number of nitrogen functional groups attached to an aromatic ring is 2. The maximum Gasteiger partial charge on any atom is 0.0320 e. The van der Waals surface area contributed by atoms with E-state index in [-0.39, 0.29) is 4.70 Å². The Kier molecular flexibility index (Phi) is 2.37. The lowest BCUT2D eigenvalue weighted by molar-refractivity contribution is 1.11. The lowest BCUT2D eigenvalue weighted by Gasteiger charge is -1.99. The second kappa shape index (κ2) is 3.31. The monoisotopic (exact) mass is 178 g/mol. The fraction of sp³-hybridized carbons (Fsp3) is 0. The van der Waals surface area contributed by atoms with Gasteiger partial charge in [-0.15, -0.1) is 0 Å². The van der Waals surface area contributed by atoms with Crippen molar-refractivity contribution in [3.63, 3.8) is 0 Å². The van der Waals surface area contributed by atoms with Crippen molar-refractivity contribution < 1.29 is 4.70 Å². The van der Waals surface area contributed by atoms with Gasteiger partial charge in [-0.3, -0.25) is 4.70 Å². The molecule has 68 valence electrons. The zero-order valence-electron chi connectivity index (χ0n) is 7.03. The summed E-state index contributed by atoms with van der Waals surface area (Å²) in [5.74, 6) is 0. The molecule has 2 rings (SSSR count). The van der Waals surface area contributed by atoms with Crippen molar-refractivity contribution >= 4 is 22.1 Å². The Morgan fingerprint density at radius 1 is 0.692 bits per heavy atom. The summed E-state index contributed by atoms with van der Waals surface area (Å²) in [6, 6.07) is 11.6. The molecule has 0 saturated carbocycles. The molecule has 0 heterocycles. The fourth-order valence-electron chi connectivity index (χ4n) is 1.28. The van der Waals surface area contributed by atoms with E-state index in [1.54, 1.807) is 0 Å². The normalized spacial score (nSPS) is 9.54. The highest BCUT2D eigenvalue weighted by Crippen LogP contribution is 2.19. The number of fused-ring (bicyclic) bond motifs is 1. The van der Waals surface area contributed by atoms with E-state index in [9.17, 15) is 0 Å². The van der Waals surface area contributed by atoms with E-state index in [4.69, 9.17) is 11.5 Å². The van der Waals surface area contributed by atoms with Gasteiger partial charge in [0.1, 0.15) is 0 Å². The van der Waals surface area contributed by atoms with Crippen molar-refractivity contribution in [1.29, 1.82) is 0 Å². The maximum atomic E-state index is 5.63. The van der Waals surface area contributed by atoms with Crippen LogP contribution in [0.25, 0.3) is 10.8 Å². The van der Waals surface area contributed by atoms with Crippen LogP contribution in [-0.4, -0.2) is 0 Å². The number of hydrogen-bond donors (Lipinski definition) is 2. The number of benzene rings is 2. The van der Waals surface area contributed by atoms with Gasteiger partial charge in [0.25, 0.3) is 0 Å². The molecule has 0 unspecified atom stereocenters. The molecule has 0 fully saturated rings. The largest absolute Gasteiger partial charge is 0.399 e. The minimum absolute atomic E-state index is 0. The standard InChI is InChI=1S/C10H10N2.FH/c11-9-3-1-7-5-10(12)4-2-8(7)6-9;/h1-6H,11-12H2;1H. The zero-order chi connectivity index (χ0) is 8.55. The van der Waals surface area contributed by atoms with E-state index in [0.717, 1.165) is 22.1 Å². The van der Waals surface area contributed by atoms with Gasteiger partial charge in [-0.05, 0) is 35.0 Å². The molecule has 4 N–H and O–H groups in total. The molecule has 0 aliphatic heterocycles. The van der Waals surface area contributed by atoms with Crippen LogP contribution in [0.15, 0.2) is 36.4 Å². The molecule has 2 aromatic rings. The van der Waals surface area contributed by atoms with Gasteiger partial charge >= 0.3 is 0 Å². The second-order valence-electron chi connectivity index (χ2n) is 2.87. The first-order valence-electron chi connectivity index (χ1n) is 3.80. The van der Waals surface area contributed by atoms with Gasteiger partial charge in [0.15, 0.2) is 0 Å². The molecule has 0 atom stereocenters. The molecule has 0 amide bonds. The Labute approximate surface area is 75.5 Å². The molecule has 2 aromatic carbocycles. The summed E-state index contributed by atoms with van der Waals surface area (Å²) in [6.45, 7) is 0. The van der Waals surface area contributed by atoms with Crippen molar-refractivity contribution in [1.82, 2.24) is 0 Å². The zero-order valence-corrected chi connectivity index (χ0v) is 7.03. The van der Waals surface area contributed by atoms with E-state index >= 15 is 0 Å². The summed E-state index contributed by atoms with van der Waals surface area (Å²) in [6.07, 6.45) is 0. The van der Waals surface area contributed by atoms with Crippen LogP contribution in [0.3, 0.4) is 0 Å². The topological polar surface area (TPSA) is 52.0 Å². The predicted octanol–water partition coefficient (Wildman–Crippen LogP) is 2.16. The Morgan fingerprint density at radius 3 is 1.46 bits per heavy atom. The Bertz CT molecular complexity index is 385. The summed E-state index contributed by atoms with van der Waals surface area (Å²) < 4.78 is 0. The van der Waals surface area contributed by atoms with Gasteiger partial charge in [-0.2, -0.15) is 0 Å². The highest BCUT2D eigenvalue weighted by atomic mass is 19.0. The molecule has 0 saturated heterocycles. The van der Waals surface area contributed by atoms with Crippen LogP contribution >= 0.6 is 0 Å². The molecule has 0 spiro atoms. The summed E-state index contributed by atoms with van der Waals surface area (Å²) in [4.78, 5) is 0. The molecule has 13 heavy (non-hydrogen) atoms. The molecule has 0 radical (unpaired) electrons. The van der Waals surface area contributed by atoms with Crippen molar-refractivity contribution in [2.75, 3.05) is 11.5 Å². The quantitative estimate of drug-likeness (QED) is 0.607. The third-order valence-corrected chi connectivity index (χ3v) is 1.89. The lowest BCUT2D eigenvalue weighted by Crippen LogP contribution is -1.86. The highest BCUT2D eigenvalue weighted by Gasteiger charge is 1.93. The summed E-state index contributed by atoms with van der Waals surface area (Å²) in [7, 11) is 0. The Hall–Kier alpha value is -1.77. The van der Waals surface area contributed by atoms with Gasteiger partial charge in [-0.25, -0.2) is 0 Å². The van der Waals surface area contributed by atoms with Gasteiger partial charge in [0.05, 0.1) is 0 Å². The third kappa shape index (κ3) is 1.69. The van der Waals surface area contributed by atoms with Crippen LogP contribution in [0.2, 0.25) is 0 Å². The highest BCUT2D eigenvalue weighted by molar-refractivity contribution is 5.87. The Balaban J connectivity index is 0.000000845. The van der Waals surface area contributed by atoms with Crippen molar-refractivity contribution in [2.45, 2.75) is 0 Å². The van der Waals surface area contributed by atoms with E-state index in [2.05, 4.69) is 0 Å². The first-order valence-corrected chi connectivity index (χ1v) is 3.80. The van der Waals surface area contributed by atoms with Crippen LogP contribution in [0.1, 0.15) is 0 Å². The number of hydrogen-bond acceptors (Lipinski definition) is 2. The van der Waals surface area contributed by atoms with Crippen LogP contribution in [0, 0.1) is 0 Å². The van der Waals surface area contributed by atoms with Gasteiger partial charge in [-0.1, -0.05) is 12.1 Å². The average Bonchev–Trinajstić information content (AvgIpc) is 2.05.